The first-order chi connectivity index (χ1) is 13.6. The van der Waals surface area contributed by atoms with Crippen LogP contribution in [0.5, 0.6) is 11.5 Å². The van der Waals surface area contributed by atoms with Crippen LogP contribution in [0.15, 0.2) is 35.7 Å². The fourth-order valence-corrected chi connectivity index (χ4v) is 4.91. The number of amides is 1. The fraction of sp³-hybridized carbons (Fsp3) is 0.200. The molecular formula is C20H17NO5S2. The van der Waals surface area contributed by atoms with E-state index in [4.69, 9.17) is 14.2 Å². The molecular weight excluding hydrogens is 398 g/mol. The molecule has 0 saturated heterocycles. The van der Waals surface area contributed by atoms with Gasteiger partial charge in [-0.05, 0) is 43.5 Å². The quantitative estimate of drug-likeness (QED) is 0.597. The lowest BCUT2D eigenvalue weighted by atomic mass is 10.1. The lowest BCUT2D eigenvalue weighted by Gasteiger charge is -2.08. The zero-order valence-corrected chi connectivity index (χ0v) is 16.9. The van der Waals surface area contributed by atoms with E-state index >= 15 is 0 Å². The highest BCUT2D eigenvalue weighted by atomic mass is 32.1. The molecule has 28 heavy (non-hydrogen) atoms. The zero-order valence-electron chi connectivity index (χ0n) is 15.2. The SMILES string of the molecule is CCOC(=O)c1c(NC(=O)c2ccc3c(c2)OCO3)sc(C)c1-c1cccs1. The fourth-order valence-electron chi connectivity index (χ4n) is 2.96. The van der Waals surface area contributed by atoms with Gasteiger partial charge in [0.25, 0.3) is 5.91 Å². The van der Waals surface area contributed by atoms with Crippen molar-refractivity contribution in [2.45, 2.75) is 13.8 Å². The van der Waals surface area contributed by atoms with Crippen molar-refractivity contribution < 1.29 is 23.8 Å². The predicted molar refractivity (Wildman–Crippen MR) is 109 cm³/mol. The second kappa shape index (κ2) is 7.65. The summed E-state index contributed by atoms with van der Waals surface area (Å²) in [6, 6.07) is 8.86. The summed E-state index contributed by atoms with van der Waals surface area (Å²) in [5.74, 6) is 0.356. The van der Waals surface area contributed by atoms with Crippen LogP contribution in [0.25, 0.3) is 10.4 Å². The van der Waals surface area contributed by atoms with Crippen molar-refractivity contribution in [3.8, 4) is 21.9 Å². The molecule has 144 valence electrons. The Morgan fingerprint density at radius 3 is 2.79 bits per heavy atom. The smallest absolute Gasteiger partial charge is 0.341 e. The molecule has 1 N–H and O–H groups in total. The van der Waals surface area contributed by atoms with Crippen LogP contribution >= 0.6 is 22.7 Å². The van der Waals surface area contributed by atoms with Gasteiger partial charge in [0.1, 0.15) is 10.6 Å². The number of aryl methyl sites for hydroxylation is 1. The summed E-state index contributed by atoms with van der Waals surface area (Å²) >= 11 is 2.90. The molecule has 1 aromatic carbocycles. The van der Waals surface area contributed by atoms with Crippen LogP contribution in [0, 0.1) is 6.92 Å². The largest absolute Gasteiger partial charge is 0.462 e. The second-order valence-corrected chi connectivity index (χ2v) is 8.13. The molecule has 3 heterocycles. The molecule has 1 aliphatic rings. The standard InChI is InChI=1S/C20H17NO5S2/c1-3-24-20(23)17-16(15-5-4-8-27-15)11(2)28-19(17)21-18(22)12-6-7-13-14(9-12)26-10-25-13/h4-9H,3,10H2,1-2H3,(H,21,22). The van der Waals surface area contributed by atoms with Crippen molar-refractivity contribution in [1.29, 1.82) is 0 Å². The highest BCUT2D eigenvalue weighted by molar-refractivity contribution is 7.18. The minimum atomic E-state index is -0.448. The molecule has 0 fully saturated rings. The summed E-state index contributed by atoms with van der Waals surface area (Å²) in [5, 5.41) is 5.29. The molecule has 2 aromatic heterocycles. The van der Waals surface area contributed by atoms with Gasteiger partial charge in [-0.1, -0.05) is 6.07 Å². The minimum Gasteiger partial charge on any atom is -0.462 e. The summed E-state index contributed by atoms with van der Waals surface area (Å²) in [6.07, 6.45) is 0. The molecule has 0 saturated carbocycles. The predicted octanol–water partition coefficient (Wildman–Crippen LogP) is 4.94. The Hall–Kier alpha value is -2.84. The number of carbonyl (C=O) groups excluding carboxylic acids is 2. The molecule has 1 amide bonds. The number of anilines is 1. The highest BCUT2D eigenvalue weighted by Crippen LogP contribution is 2.42. The number of nitrogens with one attached hydrogen (secondary N) is 1. The first kappa shape index (κ1) is 18.5. The summed E-state index contributed by atoms with van der Waals surface area (Å²) in [7, 11) is 0. The minimum absolute atomic E-state index is 0.141. The molecule has 0 aliphatic carbocycles. The number of carbonyl (C=O) groups is 2. The number of benzene rings is 1. The van der Waals surface area contributed by atoms with Crippen LogP contribution in [-0.4, -0.2) is 25.3 Å². The van der Waals surface area contributed by atoms with Gasteiger partial charge < -0.3 is 19.5 Å². The van der Waals surface area contributed by atoms with E-state index in [1.807, 2.05) is 24.4 Å². The Kier molecular flexibility index (Phi) is 5.06. The molecule has 3 aromatic rings. The maximum Gasteiger partial charge on any atom is 0.341 e. The Morgan fingerprint density at radius 2 is 2.04 bits per heavy atom. The highest BCUT2D eigenvalue weighted by Gasteiger charge is 2.26. The number of esters is 1. The summed E-state index contributed by atoms with van der Waals surface area (Å²) in [6.45, 7) is 4.08. The van der Waals surface area contributed by atoms with E-state index in [9.17, 15) is 9.59 Å². The molecule has 8 heteroatoms. The van der Waals surface area contributed by atoms with E-state index in [2.05, 4.69) is 5.32 Å². The van der Waals surface area contributed by atoms with E-state index in [-0.39, 0.29) is 19.3 Å². The van der Waals surface area contributed by atoms with Crippen molar-refractivity contribution in [2.75, 3.05) is 18.7 Å². The van der Waals surface area contributed by atoms with Crippen molar-refractivity contribution >= 4 is 39.6 Å². The van der Waals surface area contributed by atoms with Crippen LogP contribution in [0.1, 0.15) is 32.5 Å². The van der Waals surface area contributed by atoms with Crippen molar-refractivity contribution in [2.24, 2.45) is 0 Å². The number of hydrogen-bond donors (Lipinski definition) is 1. The number of ether oxygens (including phenoxy) is 3. The lowest BCUT2D eigenvalue weighted by Crippen LogP contribution is -2.14. The molecule has 0 bridgehead atoms. The van der Waals surface area contributed by atoms with E-state index in [0.29, 0.717) is 27.6 Å². The monoisotopic (exact) mass is 415 g/mol. The molecule has 4 rings (SSSR count). The molecule has 6 nitrogen and oxygen atoms in total. The molecule has 0 unspecified atom stereocenters. The third kappa shape index (κ3) is 3.36. The van der Waals surface area contributed by atoms with Gasteiger partial charge in [-0.2, -0.15) is 0 Å². The average molecular weight is 415 g/mol. The molecule has 0 spiro atoms. The number of rotatable bonds is 5. The van der Waals surface area contributed by atoms with Crippen LogP contribution < -0.4 is 14.8 Å². The number of hydrogen-bond acceptors (Lipinski definition) is 7. The first-order valence-electron chi connectivity index (χ1n) is 8.64. The second-order valence-electron chi connectivity index (χ2n) is 5.96. The lowest BCUT2D eigenvalue weighted by molar-refractivity contribution is 0.0529. The van der Waals surface area contributed by atoms with Gasteiger partial charge in [0, 0.05) is 20.9 Å². The molecule has 0 radical (unpaired) electrons. The maximum atomic E-state index is 12.8. The van der Waals surface area contributed by atoms with Crippen LogP contribution in [0.2, 0.25) is 0 Å². The van der Waals surface area contributed by atoms with Gasteiger partial charge in [0.15, 0.2) is 11.5 Å². The van der Waals surface area contributed by atoms with Gasteiger partial charge >= 0.3 is 5.97 Å². The Balaban J connectivity index is 1.70. The van der Waals surface area contributed by atoms with Gasteiger partial charge in [-0.3, -0.25) is 4.79 Å². The van der Waals surface area contributed by atoms with E-state index in [1.54, 1.807) is 25.1 Å². The van der Waals surface area contributed by atoms with Crippen LogP contribution in [-0.2, 0) is 4.74 Å². The zero-order chi connectivity index (χ0) is 19.7. The third-order valence-electron chi connectivity index (χ3n) is 4.19. The Labute approximate surface area is 169 Å². The normalized spacial score (nSPS) is 12.1. The van der Waals surface area contributed by atoms with Gasteiger partial charge in [-0.15, -0.1) is 22.7 Å². The maximum absolute atomic E-state index is 12.8. The van der Waals surface area contributed by atoms with E-state index < -0.39 is 5.97 Å². The Bertz CT molecular complexity index is 1040. The summed E-state index contributed by atoms with van der Waals surface area (Å²) in [5.41, 5.74) is 1.61. The average Bonchev–Trinajstić information content (AvgIpc) is 3.40. The number of fused-ring (bicyclic) bond motifs is 1. The van der Waals surface area contributed by atoms with E-state index in [1.165, 1.54) is 22.7 Å². The van der Waals surface area contributed by atoms with Gasteiger partial charge in [0.05, 0.1) is 6.61 Å². The molecule has 0 atom stereocenters. The number of thiophene rings is 2. The molecule has 1 aliphatic heterocycles. The van der Waals surface area contributed by atoms with Crippen LogP contribution in [0.4, 0.5) is 5.00 Å². The van der Waals surface area contributed by atoms with Gasteiger partial charge in [0.2, 0.25) is 6.79 Å². The van der Waals surface area contributed by atoms with Crippen molar-refractivity contribution in [1.82, 2.24) is 0 Å². The third-order valence-corrected chi connectivity index (χ3v) is 6.10. The summed E-state index contributed by atoms with van der Waals surface area (Å²) < 4.78 is 15.9. The topological polar surface area (TPSA) is 73.9 Å². The first-order valence-corrected chi connectivity index (χ1v) is 10.3. The van der Waals surface area contributed by atoms with Crippen LogP contribution in [0.3, 0.4) is 0 Å². The summed E-state index contributed by atoms with van der Waals surface area (Å²) in [4.78, 5) is 27.4. The van der Waals surface area contributed by atoms with Gasteiger partial charge in [-0.25, -0.2) is 4.79 Å². The van der Waals surface area contributed by atoms with E-state index in [0.717, 1.165) is 15.3 Å². The van der Waals surface area contributed by atoms with Crippen molar-refractivity contribution in [3.63, 3.8) is 0 Å². The van der Waals surface area contributed by atoms with Crippen molar-refractivity contribution in [3.05, 3.63) is 51.7 Å². The Morgan fingerprint density at radius 1 is 1.21 bits per heavy atom.